The molecule has 2 rings (SSSR count). The SMILES string of the molecule is O=C(O)CSc1nnc(NCC2CCSC2)s1. The van der Waals surface area contributed by atoms with Crippen LogP contribution < -0.4 is 5.32 Å². The van der Waals surface area contributed by atoms with Crippen molar-refractivity contribution in [1.82, 2.24) is 10.2 Å². The van der Waals surface area contributed by atoms with Crippen LogP contribution in [0.2, 0.25) is 0 Å². The molecule has 5 nitrogen and oxygen atoms in total. The van der Waals surface area contributed by atoms with Crippen LogP contribution in [0.5, 0.6) is 0 Å². The van der Waals surface area contributed by atoms with Crippen LogP contribution in [-0.4, -0.2) is 45.1 Å². The number of carboxylic acids is 1. The molecule has 1 saturated heterocycles. The highest BCUT2D eigenvalue weighted by Gasteiger charge is 2.15. The third kappa shape index (κ3) is 4.36. The molecule has 1 fully saturated rings. The Labute approximate surface area is 112 Å². The van der Waals surface area contributed by atoms with Crippen LogP contribution in [0.15, 0.2) is 4.34 Å². The Bertz CT molecular complexity index is 379. The molecule has 0 aliphatic carbocycles. The maximum atomic E-state index is 10.4. The van der Waals surface area contributed by atoms with Crippen molar-refractivity contribution in [2.24, 2.45) is 5.92 Å². The molecule has 1 atom stereocenters. The van der Waals surface area contributed by atoms with E-state index in [-0.39, 0.29) is 5.75 Å². The summed E-state index contributed by atoms with van der Waals surface area (Å²) in [4.78, 5) is 10.4. The van der Waals surface area contributed by atoms with E-state index in [1.807, 2.05) is 11.8 Å². The summed E-state index contributed by atoms with van der Waals surface area (Å²) in [5.41, 5.74) is 0. The Hall–Kier alpha value is -0.470. The standard InChI is InChI=1S/C9H13N3O2S3/c13-7(14)5-16-9-12-11-8(17-9)10-3-6-1-2-15-4-6/h6H,1-5H2,(H,10,11)(H,13,14). The number of anilines is 1. The molecule has 17 heavy (non-hydrogen) atoms. The average Bonchev–Trinajstić information content (AvgIpc) is 2.95. The van der Waals surface area contributed by atoms with Crippen LogP contribution >= 0.6 is 34.9 Å². The highest BCUT2D eigenvalue weighted by molar-refractivity contribution is 8.01. The smallest absolute Gasteiger partial charge is 0.313 e. The van der Waals surface area contributed by atoms with E-state index in [9.17, 15) is 4.79 Å². The molecular weight excluding hydrogens is 278 g/mol. The van der Waals surface area contributed by atoms with Gasteiger partial charge in [-0.2, -0.15) is 11.8 Å². The van der Waals surface area contributed by atoms with Crippen molar-refractivity contribution < 1.29 is 9.90 Å². The lowest BCUT2D eigenvalue weighted by Gasteiger charge is -2.07. The number of nitrogens with zero attached hydrogens (tertiary/aromatic N) is 2. The largest absolute Gasteiger partial charge is 0.481 e. The van der Waals surface area contributed by atoms with Crippen LogP contribution in [0.25, 0.3) is 0 Å². The molecule has 2 heterocycles. The van der Waals surface area contributed by atoms with Crippen molar-refractivity contribution in [2.45, 2.75) is 10.8 Å². The van der Waals surface area contributed by atoms with Crippen LogP contribution in [0, 0.1) is 5.92 Å². The van der Waals surface area contributed by atoms with Crippen molar-refractivity contribution >= 4 is 46.0 Å². The summed E-state index contributed by atoms with van der Waals surface area (Å²) in [6.45, 7) is 0.936. The fourth-order valence-corrected chi connectivity index (χ4v) is 4.20. The molecule has 94 valence electrons. The number of aliphatic carboxylic acids is 1. The van der Waals surface area contributed by atoms with Crippen LogP contribution in [0.3, 0.4) is 0 Å². The molecule has 8 heteroatoms. The van der Waals surface area contributed by atoms with Crippen molar-refractivity contribution in [3.63, 3.8) is 0 Å². The summed E-state index contributed by atoms with van der Waals surface area (Å²) in [5.74, 6) is 2.39. The van der Waals surface area contributed by atoms with E-state index in [4.69, 9.17) is 5.11 Å². The first-order chi connectivity index (χ1) is 8.24. The molecule has 1 aromatic rings. The fraction of sp³-hybridized carbons (Fsp3) is 0.667. The quantitative estimate of drug-likeness (QED) is 0.775. The topological polar surface area (TPSA) is 75.1 Å². The number of aromatic nitrogens is 2. The zero-order chi connectivity index (χ0) is 12.1. The normalized spacial score (nSPS) is 19.4. The predicted molar refractivity (Wildman–Crippen MR) is 72.2 cm³/mol. The van der Waals surface area contributed by atoms with Gasteiger partial charge in [-0.15, -0.1) is 10.2 Å². The monoisotopic (exact) mass is 291 g/mol. The highest BCUT2D eigenvalue weighted by Crippen LogP contribution is 2.27. The van der Waals surface area contributed by atoms with Gasteiger partial charge in [0.25, 0.3) is 0 Å². The third-order valence-corrected chi connectivity index (χ3v) is 5.52. The minimum atomic E-state index is -0.831. The van der Waals surface area contributed by atoms with Gasteiger partial charge in [-0.1, -0.05) is 23.1 Å². The summed E-state index contributed by atoms with van der Waals surface area (Å²) in [7, 11) is 0. The fourth-order valence-electron chi connectivity index (χ4n) is 1.44. The average molecular weight is 291 g/mol. The molecule has 0 amide bonds. The molecule has 1 aromatic heterocycles. The molecule has 0 spiro atoms. The Morgan fingerprint density at radius 1 is 1.59 bits per heavy atom. The van der Waals surface area contributed by atoms with E-state index in [0.29, 0.717) is 4.34 Å². The molecule has 2 N–H and O–H groups in total. The number of carboxylic acid groups (broad SMARTS) is 1. The van der Waals surface area contributed by atoms with E-state index >= 15 is 0 Å². The summed E-state index contributed by atoms with van der Waals surface area (Å²) in [5, 5.41) is 20.5. The van der Waals surface area contributed by atoms with E-state index in [1.165, 1.54) is 41.0 Å². The zero-order valence-corrected chi connectivity index (χ0v) is 11.5. The Morgan fingerprint density at radius 3 is 3.18 bits per heavy atom. The maximum absolute atomic E-state index is 10.4. The molecular formula is C9H13N3O2S3. The van der Waals surface area contributed by atoms with Crippen LogP contribution in [-0.2, 0) is 4.79 Å². The number of rotatable bonds is 6. The van der Waals surface area contributed by atoms with E-state index in [1.54, 1.807) is 0 Å². The van der Waals surface area contributed by atoms with Crippen molar-refractivity contribution in [3.8, 4) is 0 Å². The van der Waals surface area contributed by atoms with Crippen molar-refractivity contribution in [1.29, 1.82) is 0 Å². The van der Waals surface area contributed by atoms with Gasteiger partial charge in [0, 0.05) is 6.54 Å². The van der Waals surface area contributed by atoms with E-state index in [0.717, 1.165) is 17.6 Å². The molecule has 1 aliphatic heterocycles. The van der Waals surface area contributed by atoms with E-state index < -0.39 is 5.97 Å². The lowest BCUT2D eigenvalue weighted by atomic mass is 10.1. The second kappa shape index (κ2) is 6.46. The predicted octanol–water partition coefficient (Wildman–Crippen LogP) is 1.88. The first kappa shape index (κ1) is 13.0. The van der Waals surface area contributed by atoms with Crippen molar-refractivity contribution in [3.05, 3.63) is 0 Å². The summed E-state index contributed by atoms with van der Waals surface area (Å²) in [6.07, 6.45) is 1.26. The van der Waals surface area contributed by atoms with Gasteiger partial charge >= 0.3 is 5.97 Å². The van der Waals surface area contributed by atoms with Gasteiger partial charge in [0.05, 0.1) is 5.75 Å². The zero-order valence-electron chi connectivity index (χ0n) is 9.09. The van der Waals surface area contributed by atoms with Gasteiger partial charge in [-0.05, 0) is 23.8 Å². The third-order valence-electron chi connectivity index (χ3n) is 2.29. The number of thioether (sulfide) groups is 2. The number of hydrogen-bond acceptors (Lipinski definition) is 7. The van der Waals surface area contributed by atoms with Crippen LogP contribution in [0.4, 0.5) is 5.13 Å². The second-order valence-electron chi connectivity index (χ2n) is 3.67. The molecule has 0 radical (unpaired) electrons. The van der Waals surface area contributed by atoms with Gasteiger partial charge < -0.3 is 10.4 Å². The Kier molecular flexibility index (Phi) is 4.93. The number of carbonyl (C=O) groups is 1. The summed E-state index contributed by atoms with van der Waals surface area (Å²) < 4.78 is 0.704. The first-order valence-corrected chi connectivity index (χ1v) is 8.19. The lowest BCUT2D eigenvalue weighted by molar-refractivity contribution is -0.133. The Morgan fingerprint density at radius 2 is 2.47 bits per heavy atom. The van der Waals surface area contributed by atoms with Gasteiger partial charge in [0.2, 0.25) is 5.13 Å². The van der Waals surface area contributed by atoms with Gasteiger partial charge in [0.15, 0.2) is 4.34 Å². The highest BCUT2D eigenvalue weighted by atomic mass is 32.2. The number of hydrogen-bond donors (Lipinski definition) is 2. The second-order valence-corrected chi connectivity index (χ2v) is 7.02. The first-order valence-electron chi connectivity index (χ1n) is 5.24. The van der Waals surface area contributed by atoms with E-state index in [2.05, 4.69) is 15.5 Å². The van der Waals surface area contributed by atoms with Gasteiger partial charge in [-0.3, -0.25) is 4.79 Å². The van der Waals surface area contributed by atoms with Crippen molar-refractivity contribution in [2.75, 3.05) is 29.1 Å². The molecule has 0 saturated carbocycles. The molecule has 0 bridgehead atoms. The maximum Gasteiger partial charge on any atom is 0.313 e. The summed E-state index contributed by atoms with van der Waals surface area (Å²) in [6, 6.07) is 0. The molecule has 1 unspecified atom stereocenters. The number of nitrogens with one attached hydrogen (secondary N) is 1. The van der Waals surface area contributed by atoms with Crippen LogP contribution in [0.1, 0.15) is 6.42 Å². The molecule has 1 aliphatic rings. The lowest BCUT2D eigenvalue weighted by Crippen LogP contribution is -2.13. The minimum Gasteiger partial charge on any atom is -0.481 e. The Balaban J connectivity index is 1.75. The van der Waals surface area contributed by atoms with Gasteiger partial charge in [0.1, 0.15) is 0 Å². The molecule has 0 aromatic carbocycles. The minimum absolute atomic E-state index is 0.0356. The summed E-state index contributed by atoms with van der Waals surface area (Å²) >= 11 is 4.62. The van der Waals surface area contributed by atoms with Gasteiger partial charge in [-0.25, -0.2) is 0 Å².